The predicted octanol–water partition coefficient (Wildman–Crippen LogP) is -0.999. The highest BCUT2D eigenvalue weighted by molar-refractivity contribution is 7.99. The van der Waals surface area contributed by atoms with Crippen LogP contribution < -0.4 is 10.3 Å². The molecule has 2 N–H and O–H groups in total. The van der Waals surface area contributed by atoms with Gasteiger partial charge in [-0.1, -0.05) is 0 Å². The molecule has 19 heavy (non-hydrogen) atoms. The minimum Gasteiger partial charge on any atom is -0.489 e. The largest absolute Gasteiger partial charge is 0.489 e. The van der Waals surface area contributed by atoms with E-state index < -0.39 is 11.5 Å². The molecule has 2 aromatic heterocycles. The van der Waals surface area contributed by atoms with Gasteiger partial charge < -0.3 is 14.8 Å². The molecule has 100 valence electrons. The molecule has 11 heteroatoms. The number of hydrogen-bond donors (Lipinski definition) is 2. The van der Waals surface area contributed by atoms with Gasteiger partial charge in [-0.05, 0) is 22.2 Å². The van der Waals surface area contributed by atoms with E-state index in [9.17, 15) is 9.59 Å². The van der Waals surface area contributed by atoms with E-state index in [4.69, 9.17) is 9.84 Å². The quantitative estimate of drug-likeness (QED) is 0.662. The summed E-state index contributed by atoms with van der Waals surface area (Å²) in [5.74, 6) is -1.07. The second kappa shape index (κ2) is 5.48. The van der Waals surface area contributed by atoms with Crippen LogP contribution in [0.4, 0.5) is 0 Å². The number of tetrazole rings is 1. The zero-order valence-corrected chi connectivity index (χ0v) is 10.4. The zero-order chi connectivity index (χ0) is 13.8. The molecule has 0 aromatic carbocycles. The van der Waals surface area contributed by atoms with Crippen LogP contribution in [0.25, 0.3) is 0 Å². The van der Waals surface area contributed by atoms with Crippen LogP contribution in [0.3, 0.4) is 0 Å². The Morgan fingerprint density at radius 1 is 1.63 bits per heavy atom. The van der Waals surface area contributed by atoms with Crippen LogP contribution in [0.1, 0.15) is 0 Å². The van der Waals surface area contributed by atoms with Crippen LogP contribution in [0, 0.1) is 0 Å². The number of carbonyl (C=O) groups is 1. The number of hydrogen-bond acceptors (Lipinski definition) is 8. The third kappa shape index (κ3) is 2.88. The normalized spacial score (nSPS) is 10.4. The lowest BCUT2D eigenvalue weighted by molar-refractivity contribution is -0.138. The number of rotatable bonds is 5. The van der Waals surface area contributed by atoms with Crippen molar-refractivity contribution >= 4 is 17.7 Å². The fourth-order valence-electron chi connectivity index (χ4n) is 1.21. The van der Waals surface area contributed by atoms with E-state index >= 15 is 0 Å². The molecule has 0 amide bonds. The Morgan fingerprint density at radius 2 is 2.42 bits per heavy atom. The van der Waals surface area contributed by atoms with E-state index in [0.717, 1.165) is 16.4 Å². The van der Waals surface area contributed by atoms with Gasteiger partial charge in [0, 0.05) is 0 Å². The van der Waals surface area contributed by atoms with E-state index in [1.807, 2.05) is 0 Å². The Bertz CT molecular complexity index is 653. The van der Waals surface area contributed by atoms with Crippen LogP contribution in [0.15, 0.2) is 21.3 Å². The number of carboxylic acids is 1. The van der Waals surface area contributed by atoms with Gasteiger partial charge in [0.2, 0.25) is 10.9 Å². The zero-order valence-electron chi connectivity index (χ0n) is 9.60. The number of nitrogens with zero attached hydrogens (tertiary/aromatic N) is 5. The number of aliphatic carboxylic acids is 1. The van der Waals surface area contributed by atoms with Gasteiger partial charge in [0.15, 0.2) is 5.03 Å². The van der Waals surface area contributed by atoms with Gasteiger partial charge in [0.05, 0.1) is 13.4 Å². The second-order valence-corrected chi connectivity index (χ2v) is 4.14. The molecule has 0 saturated heterocycles. The van der Waals surface area contributed by atoms with Gasteiger partial charge in [-0.2, -0.15) is 0 Å². The monoisotopic (exact) mass is 284 g/mol. The highest BCUT2D eigenvalue weighted by atomic mass is 32.2. The van der Waals surface area contributed by atoms with Crippen LogP contribution in [-0.2, 0) is 11.3 Å². The van der Waals surface area contributed by atoms with Crippen molar-refractivity contribution in [1.29, 1.82) is 0 Å². The summed E-state index contributed by atoms with van der Waals surface area (Å²) < 4.78 is 6.00. The van der Waals surface area contributed by atoms with Gasteiger partial charge in [0.1, 0.15) is 6.54 Å². The van der Waals surface area contributed by atoms with Crippen LogP contribution in [0.5, 0.6) is 5.75 Å². The Morgan fingerprint density at radius 3 is 3.11 bits per heavy atom. The Hall–Kier alpha value is -2.43. The van der Waals surface area contributed by atoms with Crippen molar-refractivity contribution in [2.24, 2.45) is 0 Å². The first kappa shape index (κ1) is 13.0. The third-order valence-corrected chi connectivity index (χ3v) is 2.91. The van der Waals surface area contributed by atoms with E-state index in [-0.39, 0.29) is 22.5 Å². The summed E-state index contributed by atoms with van der Waals surface area (Å²) in [5.41, 5.74) is -0.447. The van der Waals surface area contributed by atoms with Crippen LogP contribution in [-0.4, -0.2) is 48.4 Å². The maximum Gasteiger partial charge on any atom is 0.325 e. The maximum absolute atomic E-state index is 11.5. The summed E-state index contributed by atoms with van der Waals surface area (Å²) in [6.07, 6.45) is 1.21. The summed E-state index contributed by atoms with van der Waals surface area (Å²) in [4.78, 5) is 28.4. The first-order chi connectivity index (χ1) is 9.11. The molecule has 0 aliphatic carbocycles. The van der Waals surface area contributed by atoms with Gasteiger partial charge in [-0.25, -0.2) is 9.67 Å². The average Bonchev–Trinajstić information content (AvgIpc) is 2.76. The SMILES string of the molecule is COc1c(Sc2nnnn2CC(=O)O)nc[nH]c1=O. The Labute approximate surface area is 109 Å². The van der Waals surface area contributed by atoms with E-state index in [0.29, 0.717) is 0 Å². The molecular weight excluding hydrogens is 276 g/mol. The van der Waals surface area contributed by atoms with Crippen LogP contribution >= 0.6 is 11.8 Å². The fraction of sp³-hybridized carbons (Fsp3) is 0.250. The first-order valence-electron chi connectivity index (χ1n) is 4.89. The fourth-order valence-corrected chi connectivity index (χ4v) is 2.04. The molecule has 0 atom stereocenters. The first-order valence-corrected chi connectivity index (χ1v) is 5.71. The molecule has 0 fully saturated rings. The molecular formula is C8H8N6O4S. The molecule has 2 rings (SSSR count). The molecule has 10 nitrogen and oxygen atoms in total. The molecule has 0 aliphatic rings. The van der Waals surface area contributed by atoms with Crippen LogP contribution in [0.2, 0.25) is 0 Å². The van der Waals surface area contributed by atoms with Crippen molar-refractivity contribution in [2.75, 3.05) is 7.11 Å². The number of methoxy groups -OCH3 is 1. The number of H-pyrrole nitrogens is 1. The highest BCUT2D eigenvalue weighted by Gasteiger charge is 2.16. The summed E-state index contributed by atoms with van der Waals surface area (Å²) >= 11 is 0.936. The van der Waals surface area contributed by atoms with Gasteiger partial charge in [-0.15, -0.1) is 5.10 Å². The predicted molar refractivity (Wildman–Crippen MR) is 61.0 cm³/mol. The lowest BCUT2D eigenvalue weighted by Crippen LogP contribution is -2.13. The van der Waals surface area contributed by atoms with Crippen molar-refractivity contribution in [1.82, 2.24) is 30.2 Å². The van der Waals surface area contributed by atoms with E-state index in [1.165, 1.54) is 13.4 Å². The molecule has 2 aromatic rings. The summed E-state index contributed by atoms with van der Waals surface area (Å²) in [5, 5.41) is 19.7. The summed E-state index contributed by atoms with van der Waals surface area (Å²) in [6.45, 7) is -0.388. The number of aromatic amines is 1. The number of ether oxygens (including phenoxy) is 1. The van der Waals surface area contributed by atoms with Crippen molar-refractivity contribution in [3.63, 3.8) is 0 Å². The minimum atomic E-state index is -1.08. The highest BCUT2D eigenvalue weighted by Crippen LogP contribution is 2.28. The molecule has 0 saturated carbocycles. The molecule has 0 bridgehead atoms. The number of carboxylic acid groups (broad SMARTS) is 1. The van der Waals surface area contributed by atoms with Gasteiger partial charge >= 0.3 is 5.97 Å². The molecule has 0 spiro atoms. The van der Waals surface area contributed by atoms with Gasteiger partial charge in [0.25, 0.3) is 5.56 Å². The number of nitrogens with one attached hydrogen (secondary N) is 1. The molecule has 0 radical (unpaired) electrons. The molecule has 0 unspecified atom stereocenters. The van der Waals surface area contributed by atoms with E-state index in [2.05, 4.69) is 25.5 Å². The molecule has 0 aliphatic heterocycles. The van der Waals surface area contributed by atoms with Crippen molar-refractivity contribution in [2.45, 2.75) is 16.7 Å². The smallest absolute Gasteiger partial charge is 0.325 e. The summed E-state index contributed by atoms with van der Waals surface area (Å²) in [7, 11) is 1.33. The number of aromatic nitrogens is 6. The minimum absolute atomic E-state index is 0.0115. The lowest BCUT2D eigenvalue weighted by atomic mass is 10.6. The van der Waals surface area contributed by atoms with Crippen molar-refractivity contribution in [3.8, 4) is 5.75 Å². The average molecular weight is 284 g/mol. The van der Waals surface area contributed by atoms with E-state index in [1.54, 1.807) is 0 Å². The Balaban J connectivity index is 2.32. The lowest BCUT2D eigenvalue weighted by Gasteiger charge is -2.04. The molecule has 2 heterocycles. The third-order valence-electron chi connectivity index (χ3n) is 1.95. The standard InChI is InChI=1S/C8H8N6O4S/c1-18-5-6(17)9-3-10-7(5)19-8-11-12-13-14(8)2-4(15)16/h3H,2H2,1H3,(H,15,16)(H,9,10,17). The van der Waals surface area contributed by atoms with Crippen molar-refractivity contribution in [3.05, 3.63) is 16.7 Å². The topological polar surface area (TPSA) is 136 Å². The second-order valence-electron chi connectivity index (χ2n) is 3.18. The van der Waals surface area contributed by atoms with Gasteiger partial charge in [-0.3, -0.25) is 9.59 Å². The Kier molecular flexibility index (Phi) is 3.75. The van der Waals surface area contributed by atoms with Crippen molar-refractivity contribution < 1.29 is 14.6 Å². The maximum atomic E-state index is 11.5. The summed E-state index contributed by atoms with van der Waals surface area (Å²) in [6, 6.07) is 0.